The van der Waals surface area contributed by atoms with Crippen LogP contribution in [-0.2, 0) is 4.79 Å². The minimum atomic E-state index is -0.425. The first-order chi connectivity index (χ1) is 11.1. The number of amides is 2. The molecule has 2 N–H and O–H groups in total. The van der Waals surface area contributed by atoms with Crippen LogP contribution in [-0.4, -0.2) is 58.2 Å². The lowest BCUT2D eigenvalue weighted by Gasteiger charge is -2.23. The largest absolute Gasteiger partial charge is 0.339 e. The number of likely N-dealkylation sites (tertiary alicyclic amines) is 1. The van der Waals surface area contributed by atoms with Crippen LogP contribution >= 0.6 is 0 Å². The molecule has 0 bridgehead atoms. The van der Waals surface area contributed by atoms with E-state index < -0.39 is 6.04 Å². The van der Waals surface area contributed by atoms with Crippen molar-refractivity contribution in [3.63, 3.8) is 0 Å². The van der Waals surface area contributed by atoms with Crippen LogP contribution in [0.3, 0.4) is 0 Å². The summed E-state index contributed by atoms with van der Waals surface area (Å²) in [4.78, 5) is 26.4. The quantitative estimate of drug-likeness (QED) is 0.849. The molecule has 7 heteroatoms. The van der Waals surface area contributed by atoms with Crippen molar-refractivity contribution < 1.29 is 9.59 Å². The Labute approximate surface area is 136 Å². The molecule has 7 nitrogen and oxygen atoms in total. The maximum Gasteiger partial charge on any atom is 0.272 e. The Morgan fingerprint density at radius 1 is 1.43 bits per heavy atom. The lowest BCUT2D eigenvalue weighted by Crippen LogP contribution is -2.43. The Balaban J connectivity index is 1.61. The van der Waals surface area contributed by atoms with Gasteiger partial charge in [0.15, 0.2) is 0 Å². The van der Waals surface area contributed by atoms with Crippen molar-refractivity contribution >= 4 is 11.8 Å². The highest BCUT2D eigenvalue weighted by molar-refractivity contribution is 5.96. The molecular formula is C16H25N5O2. The monoisotopic (exact) mass is 319 g/mol. The predicted molar refractivity (Wildman–Crippen MR) is 86.1 cm³/mol. The van der Waals surface area contributed by atoms with Crippen molar-refractivity contribution in [2.75, 3.05) is 19.6 Å². The number of rotatable bonds is 4. The van der Waals surface area contributed by atoms with Gasteiger partial charge in [-0.15, -0.1) is 0 Å². The second-order valence-corrected chi connectivity index (χ2v) is 6.62. The normalized spacial score (nSPS) is 25.2. The summed E-state index contributed by atoms with van der Waals surface area (Å²) in [5, 5.41) is 10.6. The standard InChI is InChI=1S/C16H25N5O2/c1-11(2)20-8-5-14(16(20)23)18-15(22)13-6-9-21(19-13)12-4-3-7-17-10-12/h6,9,11-12,14,17H,3-5,7-8,10H2,1-2H3,(H,18,22). The molecule has 0 spiro atoms. The molecule has 2 unspecified atom stereocenters. The number of nitrogens with one attached hydrogen (secondary N) is 2. The average Bonchev–Trinajstić information content (AvgIpc) is 3.16. The second kappa shape index (κ2) is 6.70. The molecule has 2 aliphatic rings. The van der Waals surface area contributed by atoms with Crippen molar-refractivity contribution in [3.8, 4) is 0 Å². The Morgan fingerprint density at radius 2 is 2.26 bits per heavy atom. The molecular weight excluding hydrogens is 294 g/mol. The predicted octanol–water partition coefficient (Wildman–Crippen LogP) is 0.547. The van der Waals surface area contributed by atoms with Crippen molar-refractivity contribution in [1.29, 1.82) is 0 Å². The number of aromatic nitrogens is 2. The van der Waals surface area contributed by atoms with Crippen molar-refractivity contribution in [3.05, 3.63) is 18.0 Å². The Kier molecular flexibility index (Phi) is 4.66. The van der Waals surface area contributed by atoms with Crippen LogP contribution in [0.15, 0.2) is 12.3 Å². The summed E-state index contributed by atoms with van der Waals surface area (Å²) >= 11 is 0. The van der Waals surface area contributed by atoms with E-state index in [-0.39, 0.29) is 17.9 Å². The molecule has 2 fully saturated rings. The van der Waals surface area contributed by atoms with Gasteiger partial charge in [-0.05, 0) is 45.7 Å². The summed E-state index contributed by atoms with van der Waals surface area (Å²) in [5.74, 6) is -0.263. The topological polar surface area (TPSA) is 79.3 Å². The number of piperidine rings is 1. The van der Waals surface area contributed by atoms with E-state index in [1.165, 1.54) is 0 Å². The van der Waals surface area contributed by atoms with Crippen LogP contribution in [0, 0.1) is 0 Å². The third-order valence-electron chi connectivity index (χ3n) is 4.65. The summed E-state index contributed by atoms with van der Waals surface area (Å²) in [6.45, 7) is 6.60. The first-order valence-corrected chi connectivity index (χ1v) is 8.43. The number of carbonyl (C=O) groups excluding carboxylic acids is 2. The fourth-order valence-electron chi connectivity index (χ4n) is 3.30. The van der Waals surface area contributed by atoms with Crippen molar-refractivity contribution in [2.45, 2.75) is 51.2 Å². The maximum absolute atomic E-state index is 12.3. The first-order valence-electron chi connectivity index (χ1n) is 8.43. The van der Waals surface area contributed by atoms with Crippen LogP contribution in [0.2, 0.25) is 0 Å². The van der Waals surface area contributed by atoms with Gasteiger partial charge < -0.3 is 15.5 Å². The maximum atomic E-state index is 12.3. The fourth-order valence-corrected chi connectivity index (χ4v) is 3.30. The summed E-state index contributed by atoms with van der Waals surface area (Å²) in [6, 6.07) is 1.77. The van der Waals surface area contributed by atoms with Crippen LogP contribution < -0.4 is 10.6 Å². The van der Waals surface area contributed by atoms with Gasteiger partial charge in [-0.25, -0.2) is 0 Å². The molecule has 1 aromatic heterocycles. The third-order valence-corrected chi connectivity index (χ3v) is 4.65. The molecule has 2 amide bonds. The van der Waals surface area contributed by atoms with Gasteiger partial charge in [0.05, 0.1) is 6.04 Å². The summed E-state index contributed by atoms with van der Waals surface area (Å²) in [7, 11) is 0. The SMILES string of the molecule is CC(C)N1CCC(NC(=O)c2ccn(C3CCCNC3)n2)C1=O. The summed E-state index contributed by atoms with van der Waals surface area (Å²) in [5.41, 5.74) is 0.381. The van der Waals surface area contributed by atoms with Crippen LogP contribution in [0.5, 0.6) is 0 Å². The highest BCUT2D eigenvalue weighted by Crippen LogP contribution is 2.17. The van der Waals surface area contributed by atoms with Crippen LogP contribution in [0.4, 0.5) is 0 Å². The van der Waals surface area contributed by atoms with Gasteiger partial charge in [0.25, 0.3) is 5.91 Å². The molecule has 0 saturated carbocycles. The highest BCUT2D eigenvalue weighted by Gasteiger charge is 2.34. The van der Waals surface area contributed by atoms with Crippen LogP contribution in [0.1, 0.15) is 49.6 Å². The fraction of sp³-hybridized carbons (Fsp3) is 0.688. The molecule has 2 aliphatic heterocycles. The van der Waals surface area contributed by atoms with E-state index in [1.807, 2.05) is 24.7 Å². The zero-order valence-corrected chi connectivity index (χ0v) is 13.8. The van der Waals surface area contributed by atoms with E-state index in [0.29, 0.717) is 24.7 Å². The Morgan fingerprint density at radius 3 is 2.91 bits per heavy atom. The molecule has 23 heavy (non-hydrogen) atoms. The molecule has 0 aromatic carbocycles. The van der Waals surface area contributed by atoms with Gasteiger partial charge in [-0.2, -0.15) is 5.10 Å². The number of carbonyl (C=O) groups is 2. The minimum absolute atomic E-state index is 0.00395. The van der Waals surface area contributed by atoms with Crippen molar-refractivity contribution in [1.82, 2.24) is 25.3 Å². The molecule has 2 atom stereocenters. The zero-order valence-electron chi connectivity index (χ0n) is 13.8. The van der Waals surface area contributed by atoms with E-state index >= 15 is 0 Å². The Bertz CT molecular complexity index is 577. The number of nitrogens with zero attached hydrogens (tertiary/aromatic N) is 3. The van der Waals surface area contributed by atoms with E-state index in [1.54, 1.807) is 11.0 Å². The summed E-state index contributed by atoms with van der Waals surface area (Å²) < 4.78 is 1.86. The van der Waals surface area contributed by atoms with Gasteiger partial charge in [0.2, 0.25) is 5.91 Å². The lowest BCUT2D eigenvalue weighted by atomic mass is 10.1. The van der Waals surface area contributed by atoms with E-state index in [0.717, 1.165) is 25.9 Å². The second-order valence-electron chi connectivity index (χ2n) is 6.62. The lowest BCUT2D eigenvalue weighted by molar-refractivity contribution is -0.130. The molecule has 3 heterocycles. The van der Waals surface area contributed by atoms with Gasteiger partial charge >= 0.3 is 0 Å². The first kappa shape index (κ1) is 16.0. The summed E-state index contributed by atoms with van der Waals surface area (Å²) in [6.07, 6.45) is 4.70. The van der Waals surface area contributed by atoms with E-state index in [9.17, 15) is 9.59 Å². The van der Waals surface area contributed by atoms with Gasteiger partial charge in [0.1, 0.15) is 11.7 Å². The smallest absolute Gasteiger partial charge is 0.272 e. The molecule has 1 aromatic rings. The third kappa shape index (κ3) is 3.39. The van der Waals surface area contributed by atoms with Crippen LogP contribution in [0.25, 0.3) is 0 Å². The Hall–Kier alpha value is -1.89. The minimum Gasteiger partial charge on any atom is -0.339 e. The van der Waals surface area contributed by atoms with Crippen molar-refractivity contribution in [2.24, 2.45) is 0 Å². The molecule has 2 saturated heterocycles. The van der Waals surface area contributed by atoms with Gasteiger partial charge in [-0.1, -0.05) is 0 Å². The molecule has 126 valence electrons. The molecule has 0 radical (unpaired) electrons. The van der Waals surface area contributed by atoms with E-state index in [2.05, 4.69) is 15.7 Å². The molecule has 3 rings (SSSR count). The number of hydrogen-bond donors (Lipinski definition) is 2. The average molecular weight is 319 g/mol. The van der Waals surface area contributed by atoms with Gasteiger partial charge in [0, 0.05) is 25.3 Å². The number of hydrogen-bond acceptors (Lipinski definition) is 4. The molecule has 0 aliphatic carbocycles. The zero-order chi connectivity index (χ0) is 16.4. The van der Waals surface area contributed by atoms with E-state index in [4.69, 9.17) is 0 Å². The van der Waals surface area contributed by atoms with Gasteiger partial charge in [-0.3, -0.25) is 14.3 Å². The highest BCUT2D eigenvalue weighted by atomic mass is 16.2.